The predicted octanol–water partition coefficient (Wildman–Crippen LogP) is 5.58. The van der Waals surface area contributed by atoms with Crippen molar-refractivity contribution < 1.29 is 9.21 Å². The molecule has 0 fully saturated rings. The second-order valence-corrected chi connectivity index (χ2v) is 6.82. The van der Waals surface area contributed by atoms with Crippen LogP contribution in [0.3, 0.4) is 0 Å². The molecular formula is C20H14Cl2N2O2. The second kappa shape index (κ2) is 6.98. The molecule has 6 heteroatoms. The SMILES string of the molecule is O=C(c1ccc(Cl)cc1)N1N=C(c2ccc(Cl)cc2)CC1c1ccco1. The summed E-state index contributed by atoms with van der Waals surface area (Å²) in [6.45, 7) is 0. The number of hydrazone groups is 1. The van der Waals surface area contributed by atoms with Gasteiger partial charge in [0.15, 0.2) is 0 Å². The summed E-state index contributed by atoms with van der Waals surface area (Å²) >= 11 is 11.9. The van der Waals surface area contributed by atoms with E-state index in [4.69, 9.17) is 27.6 Å². The molecular weight excluding hydrogens is 371 g/mol. The molecule has 3 aromatic rings. The van der Waals surface area contributed by atoms with Crippen LogP contribution >= 0.6 is 23.2 Å². The zero-order valence-corrected chi connectivity index (χ0v) is 15.1. The van der Waals surface area contributed by atoms with Gasteiger partial charge in [0.05, 0.1) is 12.0 Å². The van der Waals surface area contributed by atoms with E-state index in [1.807, 2.05) is 30.3 Å². The first-order valence-corrected chi connectivity index (χ1v) is 8.83. The molecule has 1 aliphatic rings. The number of nitrogens with zero attached hydrogens (tertiary/aromatic N) is 2. The minimum absolute atomic E-state index is 0.202. The van der Waals surface area contributed by atoms with E-state index in [1.54, 1.807) is 36.6 Å². The highest BCUT2D eigenvalue weighted by molar-refractivity contribution is 6.31. The third-order valence-corrected chi connectivity index (χ3v) is 4.76. The van der Waals surface area contributed by atoms with Crippen molar-refractivity contribution in [2.75, 3.05) is 0 Å². The van der Waals surface area contributed by atoms with Crippen molar-refractivity contribution in [1.29, 1.82) is 0 Å². The fraction of sp³-hybridized carbons (Fsp3) is 0.100. The first kappa shape index (κ1) is 16.9. The maximum Gasteiger partial charge on any atom is 0.274 e. The molecule has 0 radical (unpaired) electrons. The van der Waals surface area contributed by atoms with Crippen LogP contribution in [0.25, 0.3) is 0 Å². The van der Waals surface area contributed by atoms with Gasteiger partial charge < -0.3 is 4.42 Å². The van der Waals surface area contributed by atoms with Crippen molar-refractivity contribution in [3.05, 3.63) is 93.9 Å². The third-order valence-electron chi connectivity index (χ3n) is 4.26. The highest BCUT2D eigenvalue weighted by Crippen LogP contribution is 2.34. The van der Waals surface area contributed by atoms with Crippen LogP contribution in [0.15, 0.2) is 76.4 Å². The van der Waals surface area contributed by atoms with Gasteiger partial charge in [-0.2, -0.15) is 5.10 Å². The molecule has 0 saturated carbocycles. The van der Waals surface area contributed by atoms with Crippen LogP contribution < -0.4 is 0 Å². The fourth-order valence-corrected chi connectivity index (χ4v) is 3.19. The quantitative estimate of drug-likeness (QED) is 0.591. The summed E-state index contributed by atoms with van der Waals surface area (Å²) < 4.78 is 5.55. The molecule has 1 unspecified atom stereocenters. The summed E-state index contributed by atoms with van der Waals surface area (Å²) in [5, 5.41) is 7.30. The van der Waals surface area contributed by atoms with E-state index >= 15 is 0 Å². The number of carbonyl (C=O) groups is 1. The van der Waals surface area contributed by atoms with Crippen molar-refractivity contribution in [3.8, 4) is 0 Å². The average Bonchev–Trinajstić information content (AvgIpc) is 3.32. The lowest BCUT2D eigenvalue weighted by Crippen LogP contribution is -2.26. The number of hydrogen-bond acceptors (Lipinski definition) is 3. The van der Waals surface area contributed by atoms with E-state index in [1.165, 1.54) is 5.01 Å². The fourth-order valence-electron chi connectivity index (χ4n) is 2.94. The predicted molar refractivity (Wildman–Crippen MR) is 102 cm³/mol. The molecule has 2 heterocycles. The molecule has 0 saturated heterocycles. The van der Waals surface area contributed by atoms with Crippen molar-refractivity contribution in [2.24, 2.45) is 5.10 Å². The Bertz CT molecular complexity index is 948. The average molecular weight is 385 g/mol. The monoisotopic (exact) mass is 384 g/mol. The molecule has 0 aliphatic carbocycles. The Morgan fingerprint density at radius 3 is 2.27 bits per heavy atom. The Morgan fingerprint density at radius 2 is 1.65 bits per heavy atom. The van der Waals surface area contributed by atoms with Crippen LogP contribution in [0.5, 0.6) is 0 Å². The lowest BCUT2D eigenvalue weighted by Gasteiger charge is -2.19. The molecule has 0 N–H and O–H groups in total. The van der Waals surface area contributed by atoms with Gasteiger partial charge in [0.2, 0.25) is 0 Å². The summed E-state index contributed by atoms with van der Waals surface area (Å²) in [4.78, 5) is 13.0. The van der Waals surface area contributed by atoms with Crippen LogP contribution in [-0.2, 0) is 0 Å². The first-order valence-electron chi connectivity index (χ1n) is 8.08. The van der Waals surface area contributed by atoms with Gasteiger partial charge in [0.25, 0.3) is 5.91 Å². The van der Waals surface area contributed by atoms with Crippen LogP contribution in [0.4, 0.5) is 0 Å². The van der Waals surface area contributed by atoms with E-state index in [2.05, 4.69) is 5.10 Å². The van der Waals surface area contributed by atoms with Gasteiger partial charge in [-0.05, 0) is 54.1 Å². The maximum atomic E-state index is 13.0. The highest BCUT2D eigenvalue weighted by atomic mass is 35.5. The number of hydrogen-bond donors (Lipinski definition) is 0. The van der Waals surface area contributed by atoms with Gasteiger partial charge in [-0.15, -0.1) is 0 Å². The summed E-state index contributed by atoms with van der Waals surface area (Å²) in [5.41, 5.74) is 2.26. The van der Waals surface area contributed by atoms with Crippen LogP contribution in [0, 0.1) is 0 Å². The Hall–Kier alpha value is -2.56. The number of carbonyl (C=O) groups excluding carboxylic acids is 1. The van der Waals surface area contributed by atoms with Gasteiger partial charge in [-0.1, -0.05) is 35.3 Å². The van der Waals surface area contributed by atoms with E-state index in [-0.39, 0.29) is 11.9 Å². The standard InChI is InChI=1S/C20H14Cl2N2O2/c21-15-7-3-13(4-8-15)17-12-18(19-2-1-11-26-19)24(23-17)20(25)14-5-9-16(22)10-6-14/h1-11,18H,12H2. The zero-order chi connectivity index (χ0) is 18.1. The normalized spacial score (nSPS) is 16.6. The number of benzene rings is 2. The lowest BCUT2D eigenvalue weighted by atomic mass is 10.0. The molecule has 1 atom stereocenters. The third kappa shape index (κ3) is 3.26. The molecule has 4 nitrogen and oxygen atoms in total. The minimum atomic E-state index is -0.293. The Labute approximate surface area is 160 Å². The molecule has 1 amide bonds. The second-order valence-electron chi connectivity index (χ2n) is 5.95. The first-order chi connectivity index (χ1) is 12.6. The molecule has 1 aromatic heterocycles. The zero-order valence-electron chi connectivity index (χ0n) is 13.6. The van der Waals surface area contributed by atoms with Crippen molar-refractivity contribution in [3.63, 3.8) is 0 Å². The van der Waals surface area contributed by atoms with Crippen molar-refractivity contribution >= 4 is 34.8 Å². The molecule has 26 heavy (non-hydrogen) atoms. The topological polar surface area (TPSA) is 45.8 Å². The molecule has 1 aliphatic heterocycles. The summed E-state index contributed by atoms with van der Waals surface area (Å²) in [6, 6.07) is 17.6. The van der Waals surface area contributed by atoms with Crippen molar-refractivity contribution in [2.45, 2.75) is 12.5 Å². The summed E-state index contributed by atoms with van der Waals surface area (Å²) in [5.74, 6) is 0.493. The summed E-state index contributed by atoms with van der Waals surface area (Å²) in [7, 11) is 0. The van der Waals surface area contributed by atoms with Gasteiger partial charge in [0, 0.05) is 22.0 Å². The minimum Gasteiger partial charge on any atom is -0.467 e. The molecule has 4 rings (SSSR count). The molecule has 2 aromatic carbocycles. The van der Waals surface area contributed by atoms with Gasteiger partial charge in [-0.25, -0.2) is 5.01 Å². The van der Waals surface area contributed by atoms with Gasteiger partial charge >= 0.3 is 0 Å². The van der Waals surface area contributed by atoms with Crippen LogP contribution in [-0.4, -0.2) is 16.6 Å². The smallest absolute Gasteiger partial charge is 0.274 e. The number of halogens is 2. The van der Waals surface area contributed by atoms with E-state index < -0.39 is 0 Å². The Kier molecular flexibility index (Phi) is 4.53. The van der Waals surface area contributed by atoms with Crippen LogP contribution in [0.1, 0.15) is 34.1 Å². The maximum absolute atomic E-state index is 13.0. The van der Waals surface area contributed by atoms with Crippen LogP contribution in [0.2, 0.25) is 10.0 Å². The molecule has 0 bridgehead atoms. The lowest BCUT2D eigenvalue weighted by molar-refractivity contribution is 0.0693. The highest BCUT2D eigenvalue weighted by Gasteiger charge is 2.35. The number of rotatable bonds is 3. The van der Waals surface area contributed by atoms with E-state index in [0.29, 0.717) is 27.8 Å². The van der Waals surface area contributed by atoms with Crippen molar-refractivity contribution in [1.82, 2.24) is 5.01 Å². The van der Waals surface area contributed by atoms with Gasteiger partial charge in [0.1, 0.15) is 11.8 Å². The summed E-state index contributed by atoms with van der Waals surface area (Å²) in [6.07, 6.45) is 2.16. The number of amides is 1. The number of furan rings is 1. The Balaban J connectivity index is 1.70. The molecule has 0 spiro atoms. The molecule has 130 valence electrons. The largest absolute Gasteiger partial charge is 0.467 e. The van der Waals surface area contributed by atoms with Gasteiger partial charge in [-0.3, -0.25) is 4.79 Å². The van der Waals surface area contributed by atoms with E-state index in [9.17, 15) is 4.79 Å². The Morgan fingerprint density at radius 1 is 1.00 bits per heavy atom. The van der Waals surface area contributed by atoms with E-state index in [0.717, 1.165) is 11.3 Å².